The fraction of sp³-hybridized carbons (Fsp3) is 0.500. The van der Waals surface area contributed by atoms with Crippen molar-refractivity contribution >= 4 is 28.1 Å². The number of morpholine rings is 1. The maximum atomic E-state index is 12.4. The number of carbonyl (C=O) groups excluding carboxylic acids is 1. The molecule has 0 bridgehead atoms. The highest BCUT2D eigenvalue weighted by molar-refractivity contribution is 7.14. The zero-order chi connectivity index (χ0) is 18.7. The predicted octanol–water partition coefficient (Wildman–Crippen LogP) is 4.00. The Bertz CT molecular complexity index is 751. The molecule has 1 fully saturated rings. The molecule has 2 atom stereocenters. The molecule has 5 nitrogen and oxygen atoms in total. The Kier molecular flexibility index (Phi) is 6.06. The van der Waals surface area contributed by atoms with Crippen LogP contribution in [0.25, 0.3) is 0 Å². The minimum atomic E-state index is -0.0135. The summed E-state index contributed by atoms with van der Waals surface area (Å²) in [7, 11) is 0. The molecule has 2 heterocycles. The van der Waals surface area contributed by atoms with Gasteiger partial charge in [-0.15, -0.1) is 11.3 Å². The molecule has 26 heavy (non-hydrogen) atoms. The molecular formula is C20H27N3O2S. The molecule has 6 heteroatoms. The average molecular weight is 374 g/mol. The van der Waals surface area contributed by atoms with E-state index in [-0.39, 0.29) is 18.1 Å². The van der Waals surface area contributed by atoms with Gasteiger partial charge in [-0.05, 0) is 31.9 Å². The molecule has 1 saturated heterocycles. The van der Waals surface area contributed by atoms with Gasteiger partial charge in [0.15, 0.2) is 5.13 Å². The molecule has 0 saturated carbocycles. The fourth-order valence-electron chi connectivity index (χ4n) is 3.55. The van der Waals surface area contributed by atoms with Crippen LogP contribution < -0.4 is 4.90 Å². The normalized spacial score (nSPS) is 20.9. The van der Waals surface area contributed by atoms with Crippen LogP contribution in [0.15, 0.2) is 29.6 Å². The van der Waals surface area contributed by atoms with Crippen LogP contribution in [-0.2, 0) is 22.5 Å². The van der Waals surface area contributed by atoms with Gasteiger partial charge in [0, 0.05) is 31.9 Å². The molecule has 2 aromatic rings. The van der Waals surface area contributed by atoms with Gasteiger partial charge >= 0.3 is 0 Å². The highest BCUT2D eigenvalue weighted by Crippen LogP contribution is 2.32. The molecular weight excluding hydrogens is 346 g/mol. The molecule has 0 N–H and O–H groups in total. The van der Waals surface area contributed by atoms with Crippen molar-refractivity contribution in [3.63, 3.8) is 0 Å². The Hall–Kier alpha value is -1.76. The smallest absolute Gasteiger partial charge is 0.230 e. The van der Waals surface area contributed by atoms with Crippen LogP contribution in [0.1, 0.15) is 39.0 Å². The van der Waals surface area contributed by atoms with Crippen LogP contribution in [0.3, 0.4) is 0 Å². The molecule has 1 aliphatic heterocycles. The minimum absolute atomic E-state index is 0.0135. The number of hydrogen-bond donors (Lipinski definition) is 0. The lowest BCUT2D eigenvalue weighted by Gasteiger charge is -2.34. The summed E-state index contributed by atoms with van der Waals surface area (Å²) in [4.78, 5) is 21.2. The number of para-hydroxylation sites is 1. The summed E-state index contributed by atoms with van der Waals surface area (Å²) in [6.45, 7) is 10.5. The molecule has 1 aliphatic rings. The lowest BCUT2D eigenvalue weighted by Crippen LogP contribution is -2.44. The van der Waals surface area contributed by atoms with Crippen LogP contribution in [0.5, 0.6) is 0 Å². The molecule has 0 aliphatic carbocycles. The monoisotopic (exact) mass is 373 g/mol. The largest absolute Gasteiger partial charge is 0.373 e. The first kappa shape index (κ1) is 19.0. The summed E-state index contributed by atoms with van der Waals surface area (Å²) in [5, 5.41) is 2.80. The summed E-state index contributed by atoms with van der Waals surface area (Å²) >= 11 is 1.53. The van der Waals surface area contributed by atoms with E-state index >= 15 is 0 Å². The number of anilines is 2. The second-order valence-corrected chi connectivity index (χ2v) is 7.75. The molecule has 3 rings (SSSR count). The minimum Gasteiger partial charge on any atom is -0.373 e. The summed E-state index contributed by atoms with van der Waals surface area (Å²) in [6, 6.07) is 8.03. The number of carbonyl (C=O) groups is 1. The third-order valence-electron chi connectivity index (χ3n) is 4.54. The number of ether oxygens (including phenoxy) is 1. The number of amides is 1. The maximum Gasteiger partial charge on any atom is 0.230 e. The Morgan fingerprint density at radius 3 is 2.65 bits per heavy atom. The lowest BCUT2D eigenvalue weighted by atomic mass is 10.1. The first-order valence-corrected chi connectivity index (χ1v) is 10.1. The number of nitrogens with zero attached hydrogens (tertiary/aromatic N) is 3. The number of hydrogen-bond acceptors (Lipinski definition) is 5. The van der Waals surface area contributed by atoms with Gasteiger partial charge in [0.05, 0.1) is 23.6 Å². The van der Waals surface area contributed by atoms with E-state index in [1.807, 2.05) is 18.2 Å². The highest BCUT2D eigenvalue weighted by atomic mass is 32.1. The molecule has 0 radical (unpaired) electrons. The van der Waals surface area contributed by atoms with E-state index < -0.39 is 0 Å². The van der Waals surface area contributed by atoms with Gasteiger partial charge < -0.3 is 4.74 Å². The van der Waals surface area contributed by atoms with Gasteiger partial charge in [0.25, 0.3) is 0 Å². The van der Waals surface area contributed by atoms with Crippen molar-refractivity contribution in [1.82, 2.24) is 9.88 Å². The Morgan fingerprint density at radius 2 is 2.00 bits per heavy atom. The second kappa shape index (κ2) is 8.29. The van der Waals surface area contributed by atoms with Gasteiger partial charge in [0.1, 0.15) is 0 Å². The van der Waals surface area contributed by atoms with Gasteiger partial charge in [-0.1, -0.05) is 25.1 Å². The van der Waals surface area contributed by atoms with E-state index in [4.69, 9.17) is 9.72 Å². The molecule has 1 aromatic carbocycles. The van der Waals surface area contributed by atoms with Gasteiger partial charge in [-0.3, -0.25) is 14.6 Å². The summed E-state index contributed by atoms with van der Waals surface area (Å²) in [5.41, 5.74) is 3.08. The molecule has 140 valence electrons. The Morgan fingerprint density at radius 1 is 1.31 bits per heavy atom. The fourth-order valence-corrected chi connectivity index (χ4v) is 4.42. The number of benzene rings is 1. The number of thiazole rings is 1. The van der Waals surface area contributed by atoms with Crippen molar-refractivity contribution in [3.8, 4) is 0 Å². The van der Waals surface area contributed by atoms with Crippen molar-refractivity contribution in [2.24, 2.45) is 0 Å². The third-order valence-corrected chi connectivity index (χ3v) is 5.41. The van der Waals surface area contributed by atoms with E-state index in [1.165, 1.54) is 11.3 Å². The van der Waals surface area contributed by atoms with Crippen molar-refractivity contribution in [1.29, 1.82) is 0 Å². The standard InChI is InChI=1S/C20H27N3O2S/c1-5-17-8-6-7-9-19(17)23(16(4)24)20-21-18(13-26-20)12-22-10-14(2)25-15(3)11-22/h6-9,13-15H,5,10-12H2,1-4H3. The molecule has 1 amide bonds. The summed E-state index contributed by atoms with van der Waals surface area (Å²) in [6.07, 6.45) is 1.35. The SMILES string of the molecule is CCc1ccccc1N(C(C)=O)c1nc(CN2CC(C)OC(C)C2)cs1. The zero-order valence-corrected chi connectivity index (χ0v) is 16.8. The quantitative estimate of drug-likeness (QED) is 0.795. The Balaban J connectivity index is 1.81. The topological polar surface area (TPSA) is 45.7 Å². The van der Waals surface area contributed by atoms with E-state index in [2.05, 4.69) is 37.1 Å². The van der Waals surface area contributed by atoms with Crippen LogP contribution in [0.2, 0.25) is 0 Å². The number of rotatable bonds is 5. The zero-order valence-electron chi connectivity index (χ0n) is 15.9. The average Bonchev–Trinajstić information content (AvgIpc) is 3.02. The highest BCUT2D eigenvalue weighted by Gasteiger charge is 2.24. The van der Waals surface area contributed by atoms with Crippen molar-refractivity contribution < 1.29 is 9.53 Å². The summed E-state index contributed by atoms with van der Waals surface area (Å²) < 4.78 is 5.80. The Labute approximate surface area is 159 Å². The van der Waals surface area contributed by atoms with E-state index in [9.17, 15) is 4.79 Å². The van der Waals surface area contributed by atoms with Gasteiger partial charge in [-0.2, -0.15) is 0 Å². The molecule has 0 spiro atoms. The van der Waals surface area contributed by atoms with Crippen LogP contribution in [-0.4, -0.2) is 41.1 Å². The van der Waals surface area contributed by atoms with E-state index in [0.29, 0.717) is 0 Å². The van der Waals surface area contributed by atoms with Crippen molar-refractivity contribution in [3.05, 3.63) is 40.9 Å². The predicted molar refractivity (Wildman–Crippen MR) is 106 cm³/mol. The molecule has 2 unspecified atom stereocenters. The first-order valence-electron chi connectivity index (χ1n) is 9.18. The van der Waals surface area contributed by atoms with Crippen LogP contribution in [0.4, 0.5) is 10.8 Å². The van der Waals surface area contributed by atoms with Crippen molar-refractivity contribution in [2.45, 2.75) is 52.9 Å². The van der Waals surface area contributed by atoms with E-state index in [0.717, 1.165) is 48.1 Å². The number of aromatic nitrogens is 1. The molecule has 1 aromatic heterocycles. The van der Waals surface area contributed by atoms with Gasteiger partial charge in [0.2, 0.25) is 5.91 Å². The van der Waals surface area contributed by atoms with Crippen molar-refractivity contribution in [2.75, 3.05) is 18.0 Å². The summed E-state index contributed by atoms with van der Waals surface area (Å²) in [5.74, 6) is -0.0135. The number of aryl methyl sites for hydroxylation is 1. The maximum absolute atomic E-state index is 12.4. The second-order valence-electron chi connectivity index (χ2n) is 6.91. The lowest BCUT2D eigenvalue weighted by molar-refractivity contribution is -0.115. The third kappa shape index (κ3) is 4.31. The van der Waals surface area contributed by atoms with E-state index in [1.54, 1.807) is 11.8 Å². The van der Waals surface area contributed by atoms with Crippen LogP contribution in [0, 0.1) is 0 Å². The van der Waals surface area contributed by atoms with Crippen LogP contribution >= 0.6 is 11.3 Å². The van der Waals surface area contributed by atoms with Gasteiger partial charge in [-0.25, -0.2) is 4.98 Å². The first-order chi connectivity index (χ1) is 12.5.